The second kappa shape index (κ2) is 8.24. The van der Waals surface area contributed by atoms with Gasteiger partial charge in [-0.15, -0.1) is 0 Å². The van der Waals surface area contributed by atoms with Gasteiger partial charge in [0.2, 0.25) is 0 Å². The molecule has 0 saturated carbocycles. The summed E-state index contributed by atoms with van der Waals surface area (Å²) in [5.74, 6) is -0.909. The molecular formula is C18H27N3O5S. The Kier molecular flexibility index (Phi) is 6.17. The summed E-state index contributed by atoms with van der Waals surface area (Å²) in [5.41, 5.74) is 2.71. The molecule has 0 radical (unpaired) electrons. The highest BCUT2D eigenvalue weighted by Crippen LogP contribution is 2.27. The number of morpholine rings is 1. The van der Waals surface area contributed by atoms with Crippen molar-refractivity contribution in [2.75, 3.05) is 52.5 Å². The summed E-state index contributed by atoms with van der Waals surface area (Å²) in [4.78, 5) is 13.8. The average molecular weight is 397 g/mol. The van der Waals surface area contributed by atoms with E-state index < -0.39 is 22.2 Å². The maximum absolute atomic E-state index is 12.8. The number of benzene rings is 1. The Morgan fingerprint density at radius 2 is 1.63 bits per heavy atom. The van der Waals surface area contributed by atoms with Gasteiger partial charge in [0.25, 0.3) is 10.2 Å². The lowest BCUT2D eigenvalue weighted by Crippen LogP contribution is -2.55. The average Bonchev–Trinajstić information content (AvgIpc) is 2.65. The first-order valence-corrected chi connectivity index (χ1v) is 10.6. The van der Waals surface area contributed by atoms with Crippen LogP contribution in [0.1, 0.15) is 22.7 Å². The number of carboxylic acids is 1. The molecule has 1 N–H and O–H groups in total. The van der Waals surface area contributed by atoms with Gasteiger partial charge in [-0.2, -0.15) is 17.0 Å². The lowest BCUT2D eigenvalue weighted by Gasteiger charge is -2.39. The molecule has 0 aliphatic carbocycles. The zero-order chi connectivity index (χ0) is 19.6. The van der Waals surface area contributed by atoms with Crippen LogP contribution >= 0.6 is 0 Å². The van der Waals surface area contributed by atoms with Crippen molar-refractivity contribution < 1.29 is 23.1 Å². The van der Waals surface area contributed by atoms with Crippen molar-refractivity contribution in [2.45, 2.75) is 19.9 Å². The van der Waals surface area contributed by atoms with Gasteiger partial charge in [-0.3, -0.25) is 9.69 Å². The van der Waals surface area contributed by atoms with Gasteiger partial charge in [0.15, 0.2) is 0 Å². The highest BCUT2D eigenvalue weighted by molar-refractivity contribution is 7.86. The summed E-state index contributed by atoms with van der Waals surface area (Å²) >= 11 is 0. The fourth-order valence-electron chi connectivity index (χ4n) is 3.67. The first kappa shape index (κ1) is 20.2. The molecule has 2 aliphatic heterocycles. The van der Waals surface area contributed by atoms with E-state index in [2.05, 4.69) is 0 Å². The number of aliphatic carboxylic acids is 1. The first-order chi connectivity index (χ1) is 12.8. The molecule has 1 atom stereocenters. The van der Waals surface area contributed by atoms with Crippen LogP contribution < -0.4 is 0 Å². The molecule has 0 bridgehead atoms. The van der Waals surface area contributed by atoms with E-state index in [1.54, 1.807) is 0 Å². The van der Waals surface area contributed by atoms with Crippen LogP contribution in [0.5, 0.6) is 0 Å². The minimum atomic E-state index is -3.52. The van der Waals surface area contributed by atoms with Gasteiger partial charge in [0.1, 0.15) is 6.04 Å². The predicted octanol–water partition coefficient (Wildman–Crippen LogP) is 0.624. The molecular weight excluding hydrogens is 370 g/mol. The lowest BCUT2D eigenvalue weighted by molar-refractivity contribution is -0.144. The summed E-state index contributed by atoms with van der Waals surface area (Å²) in [6, 6.07) is 5.04. The van der Waals surface area contributed by atoms with E-state index in [0.29, 0.717) is 39.4 Å². The number of rotatable bonds is 5. The van der Waals surface area contributed by atoms with E-state index >= 15 is 0 Å². The van der Waals surface area contributed by atoms with Crippen molar-refractivity contribution in [3.63, 3.8) is 0 Å². The van der Waals surface area contributed by atoms with Crippen LogP contribution in [-0.2, 0) is 19.7 Å². The normalized spacial score (nSPS) is 21.9. The monoisotopic (exact) mass is 397 g/mol. The maximum atomic E-state index is 12.8. The topological polar surface area (TPSA) is 90.4 Å². The Bertz CT molecular complexity index is 784. The van der Waals surface area contributed by atoms with Gasteiger partial charge < -0.3 is 9.84 Å². The van der Waals surface area contributed by atoms with E-state index in [1.165, 1.54) is 8.61 Å². The number of piperazine rings is 1. The highest BCUT2D eigenvalue weighted by atomic mass is 32.2. The zero-order valence-electron chi connectivity index (χ0n) is 15.8. The maximum Gasteiger partial charge on any atom is 0.325 e. The molecule has 2 fully saturated rings. The molecule has 1 unspecified atom stereocenters. The van der Waals surface area contributed by atoms with E-state index in [-0.39, 0.29) is 13.1 Å². The molecule has 0 spiro atoms. The molecule has 3 rings (SSSR count). The Morgan fingerprint density at radius 3 is 2.22 bits per heavy atom. The van der Waals surface area contributed by atoms with E-state index in [0.717, 1.165) is 16.7 Å². The molecule has 9 heteroatoms. The summed E-state index contributed by atoms with van der Waals surface area (Å²) in [6.07, 6.45) is 0. The molecule has 1 aromatic rings. The number of hydrogen-bond acceptors (Lipinski definition) is 5. The molecule has 0 amide bonds. The number of ether oxygens (including phenoxy) is 1. The van der Waals surface area contributed by atoms with Crippen LogP contribution in [0.25, 0.3) is 0 Å². The molecule has 2 heterocycles. The van der Waals surface area contributed by atoms with Crippen LogP contribution in [0.15, 0.2) is 18.2 Å². The second-order valence-corrected chi connectivity index (χ2v) is 8.98. The molecule has 1 aromatic carbocycles. The molecule has 8 nitrogen and oxygen atoms in total. The van der Waals surface area contributed by atoms with Gasteiger partial charge in [0.05, 0.1) is 13.2 Å². The molecule has 2 aliphatic rings. The third-order valence-corrected chi connectivity index (χ3v) is 7.26. The fourth-order valence-corrected chi connectivity index (χ4v) is 5.24. The third-order valence-electron chi connectivity index (χ3n) is 5.22. The minimum absolute atomic E-state index is 0.286. The first-order valence-electron chi connectivity index (χ1n) is 9.17. The molecule has 27 heavy (non-hydrogen) atoms. The summed E-state index contributed by atoms with van der Waals surface area (Å²) in [5, 5.41) is 9.83. The van der Waals surface area contributed by atoms with Crippen LogP contribution in [0.4, 0.5) is 0 Å². The third kappa shape index (κ3) is 4.33. The number of aryl methyl sites for hydroxylation is 2. The minimum Gasteiger partial charge on any atom is -0.480 e. The second-order valence-electron chi connectivity index (χ2n) is 7.06. The van der Waals surface area contributed by atoms with Gasteiger partial charge in [-0.05, 0) is 25.0 Å². The summed E-state index contributed by atoms with van der Waals surface area (Å²) < 4.78 is 33.7. The van der Waals surface area contributed by atoms with Crippen molar-refractivity contribution in [2.24, 2.45) is 0 Å². The highest BCUT2D eigenvalue weighted by Gasteiger charge is 2.37. The molecule has 150 valence electrons. The largest absolute Gasteiger partial charge is 0.480 e. The number of carboxylic acid groups (broad SMARTS) is 1. The van der Waals surface area contributed by atoms with Gasteiger partial charge in [-0.25, -0.2) is 0 Å². The quantitative estimate of drug-likeness (QED) is 0.784. The van der Waals surface area contributed by atoms with Crippen molar-refractivity contribution in [3.8, 4) is 0 Å². The number of nitrogens with zero attached hydrogens (tertiary/aromatic N) is 3. The van der Waals surface area contributed by atoms with Crippen molar-refractivity contribution >= 4 is 16.2 Å². The summed E-state index contributed by atoms with van der Waals surface area (Å²) in [7, 11) is -3.52. The van der Waals surface area contributed by atoms with Crippen LogP contribution in [0.3, 0.4) is 0 Å². The Hall–Kier alpha value is -1.52. The standard InChI is InChI=1S/C18H27N3O5S/c1-14-3-4-15(2)16(13-14)17(18(22)23)19-5-7-20(8-6-19)27(24,25)21-9-11-26-12-10-21/h3-4,13,17H,5-12H2,1-2H3,(H,22,23). The van der Waals surface area contributed by atoms with Gasteiger partial charge >= 0.3 is 5.97 Å². The van der Waals surface area contributed by atoms with E-state index in [1.807, 2.05) is 36.9 Å². The predicted molar refractivity (Wildman–Crippen MR) is 101 cm³/mol. The van der Waals surface area contributed by atoms with E-state index in [4.69, 9.17) is 4.74 Å². The van der Waals surface area contributed by atoms with E-state index in [9.17, 15) is 18.3 Å². The van der Waals surface area contributed by atoms with Gasteiger partial charge in [-0.1, -0.05) is 23.8 Å². The Labute approximate surface area is 160 Å². The van der Waals surface area contributed by atoms with Crippen molar-refractivity contribution in [1.29, 1.82) is 0 Å². The number of hydrogen-bond donors (Lipinski definition) is 1. The van der Waals surface area contributed by atoms with Crippen molar-refractivity contribution in [1.82, 2.24) is 13.5 Å². The van der Waals surface area contributed by atoms with Crippen LogP contribution in [0, 0.1) is 13.8 Å². The van der Waals surface area contributed by atoms with Crippen LogP contribution in [-0.4, -0.2) is 85.5 Å². The number of carbonyl (C=O) groups is 1. The van der Waals surface area contributed by atoms with Crippen molar-refractivity contribution in [3.05, 3.63) is 34.9 Å². The Balaban J connectivity index is 1.73. The molecule has 2 saturated heterocycles. The fraction of sp³-hybridized carbons (Fsp3) is 0.611. The smallest absolute Gasteiger partial charge is 0.325 e. The zero-order valence-corrected chi connectivity index (χ0v) is 16.6. The SMILES string of the molecule is Cc1ccc(C)c(C(C(=O)O)N2CCN(S(=O)(=O)N3CCOCC3)CC2)c1. The lowest BCUT2D eigenvalue weighted by atomic mass is 9.97. The van der Waals surface area contributed by atoms with Crippen LogP contribution in [0.2, 0.25) is 0 Å². The Morgan fingerprint density at radius 1 is 1.04 bits per heavy atom. The molecule has 0 aromatic heterocycles. The summed E-state index contributed by atoms with van der Waals surface area (Å²) in [6.45, 7) is 6.73. The van der Waals surface area contributed by atoms with Gasteiger partial charge in [0, 0.05) is 39.3 Å².